The molecule has 2 aromatic heterocycles. The lowest BCUT2D eigenvalue weighted by atomic mass is 10.2. The number of aryl methyl sites for hydroxylation is 2. The minimum absolute atomic E-state index is 0.132. The fourth-order valence-corrected chi connectivity index (χ4v) is 2.88. The normalized spacial score (nSPS) is 12.0. The molecular formula is C17H15Cl2N3O5. The molecule has 0 aliphatic heterocycles. The van der Waals surface area contributed by atoms with E-state index in [1.165, 1.54) is 30.0 Å². The molecule has 2 heterocycles. The second-order valence-corrected chi connectivity index (χ2v) is 6.50. The van der Waals surface area contributed by atoms with E-state index in [4.69, 9.17) is 42.3 Å². The number of ether oxygens (including phenoxy) is 2. The van der Waals surface area contributed by atoms with E-state index in [1.54, 1.807) is 13.1 Å². The number of carboxylic acids is 1. The maximum Gasteiger partial charge on any atom is 0.344 e. The van der Waals surface area contributed by atoms with Gasteiger partial charge in [-0.1, -0.05) is 28.4 Å². The number of hydrogen-bond donors (Lipinski definition) is 1. The number of hydrogen-bond acceptors (Lipinski definition) is 6. The Bertz CT molecular complexity index is 985. The van der Waals surface area contributed by atoms with Crippen LogP contribution in [0.5, 0.6) is 17.4 Å². The average molecular weight is 412 g/mol. The second kappa shape index (κ2) is 7.50. The van der Waals surface area contributed by atoms with Gasteiger partial charge in [0.25, 0.3) is 0 Å². The second-order valence-electron chi connectivity index (χ2n) is 5.69. The van der Waals surface area contributed by atoms with Crippen LogP contribution in [-0.2, 0) is 11.8 Å². The Labute approximate surface area is 164 Å². The van der Waals surface area contributed by atoms with Gasteiger partial charge in [0, 0.05) is 19.2 Å². The van der Waals surface area contributed by atoms with Gasteiger partial charge >= 0.3 is 5.97 Å². The van der Waals surface area contributed by atoms with E-state index in [0.29, 0.717) is 22.8 Å². The molecule has 0 saturated carbocycles. The van der Waals surface area contributed by atoms with Crippen molar-refractivity contribution in [2.24, 2.45) is 7.05 Å². The van der Waals surface area contributed by atoms with Crippen molar-refractivity contribution in [2.75, 3.05) is 0 Å². The van der Waals surface area contributed by atoms with Crippen LogP contribution in [0.3, 0.4) is 0 Å². The van der Waals surface area contributed by atoms with Gasteiger partial charge in [-0.05, 0) is 19.9 Å². The van der Waals surface area contributed by atoms with Crippen molar-refractivity contribution in [3.05, 3.63) is 40.2 Å². The lowest BCUT2D eigenvalue weighted by molar-refractivity contribution is -0.144. The summed E-state index contributed by atoms with van der Waals surface area (Å²) in [4.78, 5) is 11.0. The molecule has 142 valence electrons. The first-order valence-corrected chi connectivity index (χ1v) is 8.54. The number of aliphatic carboxylic acids is 1. The van der Waals surface area contributed by atoms with Crippen LogP contribution in [0, 0.1) is 6.92 Å². The SMILES string of the molecule is Cc1nn(C)c(Oc2cc(O[C@@H](C)C(=O)O)c(Cl)cc2Cl)c1-c1ccon1. The molecule has 0 bridgehead atoms. The predicted octanol–water partition coefficient (Wildman–Crippen LogP) is 4.33. The smallest absolute Gasteiger partial charge is 0.344 e. The predicted molar refractivity (Wildman–Crippen MR) is 97.7 cm³/mol. The van der Waals surface area contributed by atoms with Gasteiger partial charge in [0.15, 0.2) is 11.9 Å². The molecule has 1 aromatic carbocycles. The lowest BCUT2D eigenvalue weighted by Crippen LogP contribution is -2.23. The monoisotopic (exact) mass is 411 g/mol. The van der Waals surface area contributed by atoms with E-state index in [0.717, 1.165) is 0 Å². The summed E-state index contributed by atoms with van der Waals surface area (Å²) in [7, 11) is 1.71. The highest BCUT2D eigenvalue weighted by atomic mass is 35.5. The van der Waals surface area contributed by atoms with Gasteiger partial charge in [0.1, 0.15) is 17.7 Å². The van der Waals surface area contributed by atoms with Gasteiger partial charge in [-0.2, -0.15) is 5.10 Å². The first kappa shape index (κ1) is 19.1. The van der Waals surface area contributed by atoms with Gasteiger partial charge in [-0.3, -0.25) is 0 Å². The molecule has 0 saturated heterocycles. The topological polar surface area (TPSA) is 99.6 Å². The summed E-state index contributed by atoms with van der Waals surface area (Å²) >= 11 is 12.3. The summed E-state index contributed by atoms with van der Waals surface area (Å²) in [6, 6.07) is 4.53. The summed E-state index contributed by atoms with van der Waals surface area (Å²) in [5, 5.41) is 17.7. The molecule has 27 heavy (non-hydrogen) atoms. The summed E-state index contributed by atoms with van der Waals surface area (Å²) < 4.78 is 17.7. The van der Waals surface area contributed by atoms with E-state index in [-0.39, 0.29) is 21.5 Å². The molecule has 0 amide bonds. The van der Waals surface area contributed by atoms with Crippen LogP contribution in [0.4, 0.5) is 0 Å². The molecule has 1 N–H and O–H groups in total. The molecule has 0 spiro atoms. The van der Waals surface area contributed by atoms with Gasteiger partial charge in [0.2, 0.25) is 5.88 Å². The van der Waals surface area contributed by atoms with Crippen LogP contribution in [0.2, 0.25) is 10.0 Å². The number of aromatic nitrogens is 3. The number of rotatable bonds is 6. The number of carbonyl (C=O) groups is 1. The standard InChI is InChI=1S/C17H15Cl2N3O5/c1-8-15(12-4-5-25-21-12)16(22(3)20-8)27-14-7-13(10(18)6-11(14)19)26-9(2)17(23)24/h4-7,9H,1-3H3,(H,23,24)/t9-/m0/s1. The van der Waals surface area contributed by atoms with Crippen LogP contribution in [0.25, 0.3) is 11.3 Å². The molecule has 0 unspecified atom stereocenters. The molecular weight excluding hydrogens is 397 g/mol. The zero-order valence-electron chi connectivity index (χ0n) is 14.6. The highest BCUT2D eigenvalue weighted by Gasteiger charge is 2.22. The molecule has 3 rings (SSSR count). The van der Waals surface area contributed by atoms with E-state index in [2.05, 4.69) is 10.3 Å². The summed E-state index contributed by atoms with van der Waals surface area (Å²) in [6.45, 7) is 3.20. The highest BCUT2D eigenvalue weighted by molar-refractivity contribution is 6.36. The number of carboxylic acid groups (broad SMARTS) is 1. The third kappa shape index (κ3) is 3.86. The highest BCUT2D eigenvalue weighted by Crippen LogP contribution is 2.41. The zero-order valence-corrected chi connectivity index (χ0v) is 16.1. The Morgan fingerprint density at radius 2 is 2.00 bits per heavy atom. The minimum Gasteiger partial charge on any atom is -0.479 e. The van der Waals surface area contributed by atoms with E-state index >= 15 is 0 Å². The molecule has 0 aliphatic rings. The summed E-state index contributed by atoms with van der Waals surface area (Å²) in [5.41, 5.74) is 1.87. The Morgan fingerprint density at radius 3 is 2.63 bits per heavy atom. The molecule has 1 atom stereocenters. The van der Waals surface area contributed by atoms with Crippen molar-refractivity contribution >= 4 is 29.2 Å². The van der Waals surface area contributed by atoms with Gasteiger partial charge in [-0.15, -0.1) is 0 Å². The Morgan fingerprint density at radius 1 is 1.30 bits per heavy atom. The summed E-state index contributed by atoms with van der Waals surface area (Å²) in [6.07, 6.45) is 0.348. The van der Waals surface area contributed by atoms with Gasteiger partial charge < -0.3 is 19.1 Å². The number of nitrogens with zero attached hydrogens (tertiary/aromatic N) is 3. The molecule has 0 fully saturated rings. The van der Waals surface area contributed by atoms with E-state index in [1.807, 2.05) is 6.92 Å². The van der Waals surface area contributed by atoms with Crippen molar-refractivity contribution in [3.63, 3.8) is 0 Å². The van der Waals surface area contributed by atoms with Crippen LogP contribution in [0.15, 0.2) is 29.0 Å². The Balaban J connectivity index is 2.01. The van der Waals surface area contributed by atoms with Crippen molar-refractivity contribution in [3.8, 4) is 28.6 Å². The minimum atomic E-state index is -1.13. The average Bonchev–Trinajstić information content (AvgIpc) is 3.20. The fraction of sp³-hybridized carbons (Fsp3) is 0.235. The first-order valence-electron chi connectivity index (χ1n) is 7.78. The molecule has 8 nitrogen and oxygen atoms in total. The molecule has 3 aromatic rings. The first-order chi connectivity index (χ1) is 12.8. The van der Waals surface area contributed by atoms with Crippen LogP contribution < -0.4 is 9.47 Å². The van der Waals surface area contributed by atoms with Crippen LogP contribution >= 0.6 is 23.2 Å². The maximum absolute atomic E-state index is 11.0. The lowest BCUT2D eigenvalue weighted by Gasteiger charge is -2.15. The van der Waals surface area contributed by atoms with Crippen LogP contribution in [0.1, 0.15) is 12.6 Å². The quantitative estimate of drug-likeness (QED) is 0.643. The fourth-order valence-electron chi connectivity index (χ4n) is 2.41. The van der Waals surface area contributed by atoms with Crippen molar-refractivity contribution in [1.82, 2.24) is 14.9 Å². The molecule has 0 aliphatic carbocycles. The van der Waals surface area contributed by atoms with Gasteiger partial charge in [0.05, 0.1) is 21.3 Å². The maximum atomic E-state index is 11.0. The number of benzene rings is 1. The molecule has 0 radical (unpaired) electrons. The number of halogens is 2. The third-order valence-corrected chi connectivity index (χ3v) is 4.30. The summed E-state index contributed by atoms with van der Waals surface area (Å²) in [5.74, 6) is -0.392. The van der Waals surface area contributed by atoms with E-state index in [9.17, 15) is 4.79 Å². The van der Waals surface area contributed by atoms with Crippen LogP contribution in [-0.4, -0.2) is 32.1 Å². The van der Waals surface area contributed by atoms with Gasteiger partial charge in [-0.25, -0.2) is 9.48 Å². The Hall–Kier alpha value is -2.71. The zero-order chi connectivity index (χ0) is 19.7. The Kier molecular flexibility index (Phi) is 5.29. The third-order valence-electron chi connectivity index (χ3n) is 3.71. The van der Waals surface area contributed by atoms with Crippen molar-refractivity contribution in [2.45, 2.75) is 20.0 Å². The van der Waals surface area contributed by atoms with E-state index < -0.39 is 12.1 Å². The largest absolute Gasteiger partial charge is 0.479 e. The van der Waals surface area contributed by atoms with Crippen molar-refractivity contribution in [1.29, 1.82) is 0 Å². The van der Waals surface area contributed by atoms with Crippen molar-refractivity contribution < 1.29 is 23.9 Å². The molecule has 10 heteroatoms.